The number of aryl methyl sites for hydroxylation is 2. The van der Waals surface area contributed by atoms with Crippen LogP contribution in [0.25, 0.3) is 10.9 Å². The molecule has 84 valence electrons. The fourth-order valence-corrected chi connectivity index (χ4v) is 2.32. The average Bonchev–Trinajstić information content (AvgIpc) is 2.55. The first kappa shape index (κ1) is 11.2. The lowest BCUT2D eigenvalue weighted by Crippen LogP contribution is -2.01. The highest BCUT2D eigenvalue weighted by Gasteiger charge is 2.08. The second kappa shape index (κ2) is 4.29. The Morgan fingerprint density at radius 1 is 1.50 bits per heavy atom. The monoisotopic (exact) mass is 281 g/mol. The quantitative estimate of drug-likeness (QED) is 0.940. The third kappa shape index (κ3) is 1.97. The molecule has 4 heteroatoms. The van der Waals surface area contributed by atoms with Crippen molar-refractivity contribution < 1.29 is 9.90 Å². The molecule has 1 N–H and O–H groups in total. The van der Waals surface area contributed by atoms with Crippen molar-refractivity contribution in [1.82, 2.24) is 4.57 Å². The van der Waals surface area contributed by atoms with E-state index < -0.39 is 5.97 Å². The molecule has 1 aromatic carbocycles. The Hall–Kier alpha value is -1.29. The smallest absolute Gasteiger partial charge is 0.303 e. The highest BCUT2D eigenvalue weighted by Crippen LogP contribution is 2.26. The van der Waals surface area contributed by atoms with Gasteiger partial charge in [0.05, 0.1) is 6.42 Å². The summed E-state index contributed by atoms with van der Waals surface area (Å²) in [7, 11) is 1.96. The van der Waals surface area contributed by atoms with E-state index in [1.165, 1.54) is 0 Å². The molecule has 0 aliphatic heterocycles. The molecule has 2 rings (SSSR count). The zero-order chi connectivity index (χ0) is 11.7. The van der Waals surface area contributed by atoms with E-state index in [9.17, 15) is 4.79 Å². The van der Waals surface area contributed by atoms with E-state index in [2.05, 4.69) is 15.9 Å². The summed E-state index contributed by atoms with van der Waals surface area (Å²) in [6.07, 6.45) is 0.731. The van der Waals surface area contributed by atoms with Crippen molar-refractivity contribution in [1.29, 1.82) is 0 Å². The Bertz CT molecular complexity index is 545. The molecule has 0 atom stereocenters. The van der Waals surface area contributed by atoms with Crippen molar-refractivity contribution in [2.45, 2.75) is 12.8 Å². The van der Waals surface area contributed by atoms with Crippen LogP contribution in [0.5, 0.6) is 0 Å². The SMILES string of the molecule is Cn1c(CCC(=O)O)cc2c(Br)cccc21. The molecule has 0 unspecified atom stereocenters. The Balaban J connectivity index is 2.44. The van der Waals surface area contributed by atoms with Crippen LogP contribution >= 0.6 is 15.9 Å². The predicted molar refractivity (Wildman–Crippen MR) is 66.6 cm³/mol. The maximum absolute atomic E-state index is 10.5. The van der Waals surface area contributed by atoms with E-state index in [-0.39, 0.29) is 6.42 Å². The number of benzene rings is 1. The number of hydrogen-bond donors (Lipinski definition) is 1. The lowest BCUT2D eigenvalue weighted by Gasteiger charge is -2.02. The van der Waals surface area contributed by atoms with E-state index in [1.54, 1.807) is 0 Å². The van der Waals surface area contributed by atoms with E-state index in [0.29, 0.717) is 6.42 Å². The zero-order valence-electron chi connectivity index (χ0n) is 8.90. The molecular formula is C12H12BrNO2. The fraction of sp³-hybridized carbons (Fsp3) is 0.250. The Kier molecular flexibility index (Phi) is 3.01. The maximum atomic E-state index is 10.5. The van der Waals surface area contributed by atoms with E-state index in [4.69, 9.17) is 5.11 Å². The van der Waals surface area contributed by atoms with Gasteiger partial charge in [0.15, 0.2) is 0 Å². The highest BCUT2D eigenvalue weighted by molar-refractivity contribution is 9.10. The molecule has 1 aromatic heterocycles. The normalized spacial score (nSPS) is 10.9. The number of aromatic nitrogens is 1. The summed E-state index contributed by atoms with van der Waals surface area (Å²) in [4.78, 5) is 10.5. The molecule has 0 radical (unpaired) electrons. The molecule has 0 aliphatic carbocycles. The van der Waals surface area contributed by atoms with Crippen LogP contribution in [0.15, 0.2) is 28.7 Å². The minimum Gasteiger partial charge on any atom is -0.481 e. The fourth-order valence-electron chi connectivity index (χ4n) is 1.85. The number of rotatable bonds is 3. The number of nitrogens with zero attached hydrogens (tertiary/aromatic N) is 1. The predicted octanol–water partition coefficient (Wildman–Crippen LogP) is 2.96. The molecule has 0 saturated heterocycles. The van der Waals surface area contributed by atoms with Gasteiger partial charge in [-0.3, -0.25) is 4.79 Å². The Labute approximate surface area is 102 Å². The Morgan fingerprint density at radius 3 is 2.88 bits per heavy atom. The molecule has 2 aromatic rings. The minimum absolute atomic E-state index is 0.168. The van der Waals surface area contributed by atoms with Gasteiger partial charge in [-0.15, -0.1) is 0 Å². The number of halogens is 1. The van der Waals surface area contributed by atoms with Crippen LogP contribution in [-0.2, 0) is 18.3 Å². The molecule has 0 amide bonds. The van der Waals surface area contributed by atoms with Gasteiger partial charge in [-0.25, -0.2) is 0 Å². The van der Waals surface area contributed by atoms with Gasteiger partial charge >= 0.3 is 5.97 Å². The number of aliphatic carboxylic acids is 1. The lowest BCUT2D eigenvalue weighted by atomic mass is 10.2. The van der Waals surface area contributed by atoms with Gasteiger partial charge in [-0.05, 0) is 24.6 Å². The van der Waals surface area contributed by atoms with Gasteiger partial charge in [0.1, 0.15) is 0 Å². The van der Waals surface area contributed by atoms with Crippen molar-refractivity contribution in [3.8, 4) is 0 Å². The standard InChI is InChI=1S/C12H12BrNO2/c1-14-8(5-6-12(15)16)7-9-10(13)3-2-4-11(9)14/h2-4,7H,5-6H2,1H3,(H,15,16). The molecule has 0 fully saturated rings. The van der Waals surface area contributed by atoms with Gasteiger partial charge in [0.2, 0.25) is 0 Å². The molecule has 0 aliphatic rings. The van der Waals surface area contributed by atoms with Crippen LogP contribution in [0, 0.1) is 0 Å². The van der Waals surface area contributed by atoms with Crippen molar-refractivity contribution >= 4 is 32.8 Å². The molecule has 3 nitrogen and oxygen atoms in total. The topological polar surface area (TPSA) is 42.2 Å². The maximum Gasteiger partial charge on any atom is 0.303 e. The number of fused-ring (bicyclic) bond motifs is 1. The van der Waals surface area contributed by atoms with Crippen molar-refractivity contribution in [3.63, 3.8) is 0 Å². The van der Waals surface area contributed by atoms with Gasteiger partial charge < -0.3 is 9.67 Å². The van der Waals surface area contributed by atoms with E-state index >= 15 is 0 Å². The second-order valence-corrected chi connectivity index (χ2v) is 4.62. The van der Waals surface area contributed by atoms with Crippen LogP contribution < -0.4 is 0 Å². The number of hydrogen-bond acceptors (Lipinski definition) is 1. The van der Waals surface area contributed by atoms with Gasteiger partial charge in [-0.2, -0.15) is 0 Å². The molecule has 0 saturated carbocycles. The van der Waals surface area contributed by atoms with E-state index in [0.717, 1.165) is 21.1 Å². The number of carboxylic acids is 1. The third-order valence-electron chi connectivity index (χ3n) is 2.73. The van der Waals surface area contributed by atoms with Crippen LogP contribution in [-0.4, -0.2) is 15.6 Å². The summed E-state index contributed by atoms with van der Waals surface area (Å²) in [5.41, 5.74) is 2.17. The Morgan fingerprint density at radius 2 is 2.25 bits per heavy atom. The van der Waals surface area contributed by atoms with Gasteiger partial charge in [0.25, 0.3) is 0 Å². The third-order valence-corrected chi connectivity index (χ3v) is 3.42. The van der Waals surface area contributed by atoms with Crippen molar-refractivity contribution in [2.24, 2.45) is 7.05 Å². The average molecular weight is 282 g/mol. The van der Waals surface area contributed by atoms with Crippen LogP contribution in [0.4, 0.5) is 0 Å². The molecule has 0 spiro atoms. The lowest BCUT2D eigenvalue weighted by molar-refractivity contribution is -0.136. The first-order chi connectivity index (χ1) is 7.59. The van der Waals surface area contributed by atoms with Crippen LogP contribution in [0.1, 0.15) is 12.1 Å². The molecule has 16 heavy (non-hydrogen) atoms. The number of carboxylic acid groups (broad SMARTS) is 1. The number of carbonyl (C=O) groups is 1. The summed E-state index contributed by atoms with van der Waals surface area (Å²) in [6, 6.07) is 8.05. The summed E-state index contributed by atoms with van der Waals surface area (Å²) in [6.45, 7) is 0. The van der Waals surface area contributed by atoms with Crippen LogP contribution in [0.3, 0.4) is 0 Å². The first-order valence-corrected chi connectivity index (χ1v) is 5.83. The van der Waals surface area contributed by atoms with Crippen molar-refractivity contribution in [3.05, 3.63) is 34.4 Å². The highest BCUT2D eigenvalue weighted by atomic mass is 79.9. The van der Waals surface area contributed by atoms with Gasteiger partial charge in [0, 0.05) is 28.1 Å². The molecule has 0 bridgehead atoms. The largest absolute Gasteiger partial charge is 0.481 e. The van der Waals surface area contributed by atoms with Crippen molar-refractivity contribution in [2.75, 3.05) is 0 Å². The second-order valence-electron chi connectivity index (χ2n) is 3.76. The molecular weight excluding hydrogens is 270 g/mol. The van der Waals surface area contributed by atoms with Gasteiger partial charge in [-0.1, -0.05) is 22.0 Å². The molecule has 1 heterocycles. The van der Waals surface area contributed by atoms with Crippen LogP contribution in [0.2, 0.25) is 0 Å². The van der Waals surface area contributed by atoms with E-state index in [1.807, 2.05) is 35.9 Å². The first-order valence-electron chi connectivity index (χ1n) is 5.04. The minimum atomic E-state index is -0.760. The zero-order valence-corrected chi connectivity index (χ0v) is 10.5. The summed E-state index contributed by atoms with van der Waals surface area (Å²) < 4.78 is 3.09. The summed E-state index contributed by atoms with van der Waals surface area (Å²) in [5.74, 6) is -0.760. The summed E-state index contributed by atoms with van der Waals surface area (Å²) >= 11 is 3.49. The summed E-state index contributed by atoms with van der Waals surface area (Å²) in [5, 5.41) is 9.81.